The number of halogens is 1. The summed E-state index contributed by atoms with van der Waals surface area (Å²) in [4.78, 5) is 8.56. The molecule has 0 spiro atoms. The zero-order valence-electron chi connectivity index (χ0n) is 10.7. The Kier molecular flexibility index (Phi) is 3.76. The quantitative estimate of drug-likeness (QED) is 0.797. The van der Waals surface area contributed by atoms with E-state index in [0.717, 1.165) is 26.6 Å². The van der Waals surface area contributed by atoms with Gasteiger partial charge in [-0.2, -0.15) is 0 Å². The van der Waals surface area contributed by atoms with Crippen LogP contribution in [0, 0.1) is 0 Å². The summed E-state index contributed by atoms with van der Waals surface area (Å²) in [6.07, 6.45) is 3.45. The first kappa shape index (κ1) is 13.2. The van der Waals surface area contributed by atoms with Crippen LogP contribution in [0.15, 0.2) is 59.3 Å². The maximum absolute atomic E-state index is 10.3. The second-order valence-corrected chi connectivity index (χ2v) is 5.56. The molecule has 0 aliphatic heterocycles. The maximum Gasteiger partial charge on any atom is 0.0845 e. The third-order valence-corrected chi connectivity index (χ3v) is 3.67. The number of benzene rings is 1. The van der Waals surface area contributed by atoms with Crippen molar-refractivity contribution in [2.45, 2.75) is 12.5 Å². The van der Waals surface area contributed by atoms with E-state index in [1.807, 2.05) is 42.5 Å². The molecule has 0 radical (unpaired) electrons. The van der Waals surface area contributed by atoms with Gasteiger partial charge in [0.2, 0.25) is 0 Å². The molecule has 2 aromatic heterocycles. The first-order valence-corrected chi connectivity index (χ1v) is 7.15. The van der Waals surface area contributed by atoms with Crippen molar-refractivity contribution in [1.82, 2.24) is 9.97 Å². The molecule has 0 amide bonds. The van der Waals surface area contributed by atoms with E-state index in [2.05, 4.69) is 25.9 Å². The van der Waals surface area contributed by atoms with Crippen LogP contribution in [-0.4, -0.2) is 15.1 Å². The Morgan fingerprint density at radius 1 is 1.10 bits per heavy atom. The van der Waals surface area contributed by atoms with Gasteiger partial charge in [-0.05, 0) is 51.8 Å². The van der Waals surface area contributed by atoms with Crippen molar-refractivity contribution in [2.75, 3.05) is 0 Å². The lowest BCUT2D eigenvalue weighted by molar-refractivity contribution is 0.177. The molecule has 0 aliphatic carbocycles. The largest absolute Gasteiger partial charge is 0.388 e. The predicted molar refractivity (Wildman–Crippen MR) is 82.3 cm³/mol. The van der Waals surface area contributed by atoms with Crippen molar-refractivity contribution in [3.8, 4) is 0 Å². The summed E-state index contributed by atoms with van der Waals surface area (Å²) in [7, 11) is 0. The molecule has 3 aromatic rings. The summed E-state index contributed by atoms with van der Waals surface area (Å²) in [5.74, 6) is 0. The maximum atomic E-state index is 10.3. The minimum absolute atomic E-state index is 0.499. The molecule has 4 heteroatoms. The van der Waals surface area contributed by atoms with Crippen molar-refractivity contribution in [1.29, 1.82) is 0 Å². The van der Waals surface area contributed by atoms with Gasteiger partial charge in [0.05, 0.1) is 11.6 Å². The van der Waals surface area contributed by atoms with Crippen LogP contribution in [0.1, 0.15) is 17.4 Å². The molecule has 1 atom stereocenters. The van der Waals surface area contributed by atoms with Crippen molar-refractivity contribution in [3.05, 3.63) is 70.6 Å². The summed E-state index contributed by atoms with van der Waals surface area (Å²) in [5.41, 5.74) is 2.69. The molecule has 0 saturated carbocycles. The van der Waals surface area contributed by atoms with Gasteiger partial charge in [-0.1, -0.05) is 12.1 Å². The Morgan fingerprint density at radius 2 is 2.00 bits per heavy atom. The lowest BCUT2D eigenvalue weighted by Crippen LogP contribution is -2.03. The molecule has 1 unspecified atom stereocenters. The lowest BCUT2D eigenvalue weighted by atomic mass is 10.0. The summed E-state index contributed by atoms with van der Waals surface area (Å²) in [6, 6.07) is 13.6. The predicted octanol–water partition coefficient (Wildman–Crippen LogP) is 3.67. The third kappa shape index (κ3) is 2.86. The standard InChI is InChI=1S/C16H13BrN2O/c17-13-4-5-14(19-10-13)9-16(20)12-3-6-15-11(8-12)2-1-7-18-15/h1-8,10,16,20H,9H2. The zero-order chi connectivity index (χ0) is 13.9. The van der Waals surface area contributed by atoms with Gasteiger partial charge in [0.25, 0.3) is 0 Å². The molecule has 2 heterocycles. The molecule has 1 N–H and O–H groups in total. The Labute approximate surface area is 125 Å². The Hall–Kier alpha value is -1.78. The summed E-state index contributed by atoms with van der Waals surface area (Å²) in [6.45, 7) is 0. The molecular formula is C16H13BrN2O. The van der Waals surface area contributed by atoms with Crippen LogP contribution in [0.2, 0.25) is 0 Å². The van der Waals surface area contributed by atoms with Gasteiger partial charge in [-0.3, -0.25) is 9.97 Å². The zero-order valence-corrected chi connectivity index (χ0v) is 12.3. The fourth-order valence-electron chi connectivity index (χ4n) is 2.14. The second-order valence-electron chi connectivity index (χ2n) is 4.64. The van der Waals surface area contributed by atoms with E-state index in [1.54, 1.807) is 12.4 Å². The van der Waals surface area contributed by atoms with Crippen molar-refractivity contribution in [3.63, 3.8) is 0 Å². The van der Waals surface area contributed by atoms with Crippen LogP contribution in [0.5, 0.6) is 0 Å². The fourth-order valence-corrected chi connectivity index (χ4v) is 2.38. The van der Waals surface area contributed by atoms with Gasteiger partial charge < -0.3 is 5.11 Å². The molecular weight excluding hydrogens is 316 g/mol. The monoisotopic (exact) mass is 328 g/mol. The number of hydrogen-bond acceptors (Lipinski definition) is 3. The number of rotatable bonds is 3. The Morgan fingerprint density at radius 3 is 2.80 bits per heavy atom. The van der Waals surface area contributed by atoms with E-state index >= 15 is 0 Å². The number of fused-ring (bicyclic) bond motifs is 1. The highest BCUT2D eigenvalue weighted by atomic mass is 79.9. The highest BCUT2D eigenvalue weighted by Crippen LogP contribution is 2.22. The van der Waals surface area contributed by atoms with Gasteiger partial charge in [0.15, 0.2) is 0 Å². The van der Waals surface area contributed by atoms with Crippen molar-refractivity contribution >= 4 is 26.8 Å². The van der Waals surface area contributed by atoms with Crippen molar-refractivity contribution in [2.24, 2.45) is 0 Å². The number of nitrogens with zero attached hydrogens (tertiary/aromatic N) is 2. The third-order valence-electron chi connectivity index (χ3n) is 3.20. The normalized spacial score (nSPS) is 12.5. The van der Waals surface area contributed by atoms with E-state index in [0.29, 0.717) is 6.42 Å². The SMILES string of the molecule is OC(Cc1ccc(Br)cn1)c1ccc2ncccc2c1. The summed E-state index contributed by atoms with van der Waals surface area (Å²) < 4.78 is 0.938. The van der Waals surface area contributed by atoms with E-state index in [1.165, 1.54) is 0 Å². The minimum atomic E-state index is -0.562. The average molecular weight is 329 g/mol. The Bertz CT molecular complexity index is 728. The van der Waals surface area contributed by atoms with E-state index in [-0.39, 0.29) is 0 Å². The van der Waals surface area contributed by atoms with Gasteiger partial charge in [0, 0.05) is 34.4 Å². The summed E-state index contributed by atoms with van der Waals surface area (Å²) in [5, 5.41) is 11.4. The second kappa shape index (κ2) is 5.69. The summed E-state index contributed by atoms with van der Waals surface area (Å²) >= 11 is 3.35. The number of aromatic nitrogens is 2. The van der Waals surface area contributed by atoms with Crippen LogP contribution in [0.4, 0.5) is 0 Å². The molecule has 0 aliphatic rings. The van der Waals surface area contributed by atoms with Crippen LogP contribution in [0.3, 0.4) is 0 Å². The van der Waals surface area contributed by atoms with Gasteiger partial charge in [0.1, 0.15) is 0 Å². The molecule has 0 bridgehead atoms. The van der Waals surface area contributed by atoms with Crippen LogP contribution < -0.4 is 0 Å². The average Bonchev–Trinajstić information content (AvgIpc) is 2.49. The van der Waals surface area contributed by atoms with Gasteiger partial charge in [-0.15, -0.1) is 0 Å². The molecule has 3 rings (SSSR count). The van der Waals surface area contributed by atoms with Crippen molar-refractivity contribution < 1.29 is 5.11 Å². The van der Waals surface area contributed by atoms with Crippen LogP contribution >= 0.6 is 15.9 Å². The highest BCUT2D eigenvalue weighted by molar-refractivity contribution is 9.10. The smallest absolute Gasteiger partial charge is 0.0845 e. The Balaban J connectivity index is 1.84. The van der Waals surface area contributed by atoms with E-state index < -0.39 is 6.10 Å². The number of aliphatic hydroxyl groups is 1. The molecule has 0 fully saturated rings. The molecule has 20 heavy (non-hydrogen) atoms. The lowest BCUT2D eigenvalue weighted by Gasteiger charge is -2.11. The molecule has 1 aromatic carbocycles. The first-order valence-electron chi connectivity index (χ1n) is 6.35. The van der Waals surface area contributed by atoms with Crippen LogP contribution in [0.25, 0.3) is 10.9 Å². The topological polar surface area (TPSA) is 46.0 Å². The number of aliphatic hydroxyl groups excluding tert-OH is 1. The van der Waals surface area contributed by atoms with Gasteiger partial charge in [-0.25, -0.2) is 0 Å². The molecule has 3 nitrogen and oxygen atoms in total. The van der Waals surface area contributed by atoms with E-state index in [4.69, 9.17) is 0 Å². The highest BCUT2D eigenvalue weighted by Gasteiger charge is 2.10. The minimum Gasteiger partial charge on any atom is -0.388 e. The van der Waals surface area contributed by atoms with Gasteiger partial charge >= 0.3 is 0 Å². The number of hydrogen-bond donors (Lipinski definition) is 1. The first-order chi connectivity index (χ1) is 9.72. The molecule has 100 valence electrons. The van der Waals surface area contributed by atoms with E-state index in [9.17, 15) is 5.11 Å². The number of pyridine rings is 2. The molecule has 0 saturated heterocycles. The van der Waals surface area contributed by atoms with Crippen LogP contribution in [-0.2, 0) is 6.42 Å². The fraction of sp³-hybridized carbons (Fsp3) is 0.125.